The summed E-state index contributed by atoms with van der Waals surface area (Å²) in [6.45, 7) is 1.91. The van der Waals surface area contributed by atoms with Gasteiger partial charge in [-0.05, 0) is 19.3 Å². The van der Waals surface area contributed by atoms with Crippen molar-refractivity contribution in [2.24, 2.45) is 0 Å². The molecule has 1 aliphatic rings. The number of ether oxygens (including phenoxy) is 1. The second-order valence-corrected chi connectivity index (χ2v) is 9.86. The molecule has 0 saturated carbocycles. The number of nitrogens with zero attached hydrogens (tertiary/aromatic N) is 2. The second kappa shape index (κ2) is 10.2. The predicted molar refractivity (Wildman–Crippen MR) is 84.8 cm³/mol. The Hall–Kier alpha value is -0.850. The average Bonchev–Trinajstić information content (AvgIpc) is 2.49. The van der Waals surface area contributed by atoms with Gasteiger partial charge in [0, 0.05) is 0 Å². The summed E-state index contributed by atoms with van der Waals surface area (Å²) in [5, 5.41) is 0. The second-order valence-electron chi connectivity index (χ2n) is 6.43. The molecule has 0 atom stereocenters. The standard InChI is InChI=1S/C10H19F3NO.C2F6NO4S2/c1-14(5-3-2-4-6-14)7-8-15-9-10(11,12)13;3-1(4,5)14(10,11)9-15(12,13)2(6,7)8/h2-9H2,1H3;/q+1;-1. The van der Waals surface area contributed by atoms with Crippen LogP contribution in [0.4, 0.5) is 39.5 Å². The minimum Gasteiger partial charge on any atom is -0.421 e. The fourth-order valence-corrected chi connectivity index (χ4v) is 3.90. The fraction of sp³-hybridized carbons (Fsp3) is 1.00. The average molecular weight is 506 g/mol. The van der Waals surface area contributed by atoms with Gasteiger partial charge in [0.15, 0.2) is 20.0 Å². The molecule has 0 aromatic rings. The van der Waals surface area contributed by atoms with E-state index >= 15 is 0 Å². The zero-order valence-electron chi connectivity index (χ0n) is 15.3. The molecule has 1 rings (SSSR count). The lowest BCUT2D eigenvalue weighted by Crippen LogP contribution is -2.49. The van der Waals surface area contributed by atoms with Gasteiger partial charge in [0.05, 0.1) is 26.7 Å². The number of likely N-dealkylation sites (N-methyl/N-ethyl adjacent to an activating group) is 1. The van der Waals surface area contributed by atoms with E-state index in [1.54, 1.807) is 0 Å². The van der Waals surface area contributed by atoms with Gasteiger partial charge in [-0.1, -0.05) is 0 Å². The molecule has 0 unspecified atom stereocenters. The Morgan fingerprint density at radius 2 is 1.20 bits per heavy atom. The summed E-state index contributed by atoms with van der Waals surface area (Å²) in [5.41, 5.74) is -12.4. The van der Waals surface area contributed by atoms with Crippen LogP contribution in [0.1, 0.15) is 19.3 Å². The molecule has 0 spiro atoms. The molecule has 1 aliphatic heterocycles. The molecule has 0 aliphatic carbocycles. The van der Waals surface area contributed by atoms with Crippen LogP contribution in [0.2, 0.25) is 0 Å². The number of hydrogen-bond donors (Lipinski definition) is 0. The molecule has 1 heterocycles. The van der Waals surface area contributed by atoms with E-state index in [-0.39, 0.29) is 6.61 Å². The number of quaternary nitrogens is 1. The van der Waals surface area contributed by atoms with Crippen molar-refractivity contribution in [3.8, 4) is 0 Å². The molecule has 30 heavy (non-hydrogen) atoms. The van der Waals surface area contributed by atoms with Crippen LogP contribution in [0.15, 0.2) is 0 Å². The van der Waals surface area contributed by atoms with Crippen molar-refractivity contribution in [2.45, 2.75) is 36.5 Å². The monoisotopic (exact) mass is 506 g/mol. The van der Waals surface area contributed by atoms with Crippen LogP contribution in [0, 0.1) is 0 Å². The number of rotatable bonds is 6. The third-order valence-electron chi connectivity index (χ3n) is 3.72. The number of halogens is 9. The van der Waals surface area contributed by atoms with Gasteiger partial charge in [0.25, 0.3) is 0 Å². The van der Waals surface area contributed by atoms with E-state index in [0.717, 1.165) is 21.7 Å². The molecular weight excluding hydrogens is 487 g/mol. The van der Waals surface area contributed by atoms with Crippen molar-refractivity contribution in [1.82, 2.24) is 0 Å². The molecule has 0 bridgehead atoms. The first-order valence-corrected chi connectivity index (χ1v) is 10.8. The number of hydrogen-bond acceptors (Lipinski definition) is 5. The summed E-state index contributed by atoms with van der Waals surface area (Å²) in [7, 11) is -11.3. The molecular formula is C12H19F9N2O5S2. The molecule has 18 heteroatoms. The molecule has 7 nitrogen and oxygen atoms in total. The lowest BCUT2D eigenvalue weighted by molar-refractivity contribution is -0.914. The normalized spacial score (nSPS) is 18.5. The van der Waals surface area contributed by atoms with Gasteiger partial charge in [-0.15, -0.1) is 0 Å². The molecule has 1 saturated heterocycles. The highest BCUT2D eigenvalue weighted by atomic mass is 32.3. The Balaban J connectivity index is 0.000000561. The van der Waals surface area contributed by atoms with Gasteiger partial charge in [-0.25, -0.2) is 16.8 Å². The number of sulfonamides is 2. The van der Waals surface area contributed by atoms with Gasteiger partial charge in [-0.3, -0.25) is 0 Å². The third-order valence-corrected chi connectivity index (χ3v) is 6.46. The molecule has 0 aromatic heterocycles. The van der Waals surface area contributed by atoms with Crippen LogP contribution in [-0.4, -0.2) is 78.4 Å². The van der Waals surface area contributed by atoms with Crippen molar-refractivity contribution in [1.29, 1.82) is 0 Å². The van der Waals surface area contributed by atoms with E-state index < -0.39 is 43.8 Å². The van der Waals surface area contributed by atoms with E-state index in [1.165, 1.54) is 19.3 Å². The highest BCUT2D eigenvalue weighted by Gasteiger charge is 2.46. The number of alkyl halides is 9. The van der Waals surface area contributed by atoms with Gasteiger partial charge < -0.3 is 13.3 Å². The Kier molecular flexibility index (Phi) is 9.89. The SMILES string of the molecule is C[N+]1(CCOCC(F)(F)F)CCCCC1.O=S(=O)([N-]S(=O)(=O)C(F)(F)F)C(F)(F)F. The van der Waals surface area contributed by atoms with E-state index in [4.69, 9.17) is 0 Å². The maximum Gasteiger partial charge on any atom is 0.480 e. The molecule has 0 amide bonds. The van der Waals surface area contributed by atoms with E-state index in [1.807, 2.05) is 0 Å². The molecule has 182 valence electrons. The quantitative estimate of drug-likeness (QED) is 0.313. The summed E-state index contributed by atoms with van der Waals surface area (Å²) in [4.78, 5) is 0. The van der Waals surface area contributed by atoms with Crippen molar-refractivity contribution >= 4 is 20.0 Å². The van der Waals surface area contributed by atoms with Gasteiger partial charge in [0.2, 0.25) is 0 Å². The Morgan fingerprint density at radius 3 is 1.53 bits per heavy atom. The van der Waals surface area contributed by atoms with E-state index in [2.05, 4.69) is 11.8 Å². The largest absolute Gasteiger partial charge is 0.480 e. The van der Waals surface area contributed by atoms with Crippen LogP contribution < -0.4 is 0 Å². The van der Waals surface area contributed by atoms with Crippen molar-refractivity contribution in [3.63, 3.8) is 0 Å². The minimum atomic E-state index is -6.72. The summed E-state index contributed by atoms with van der Waals surface area (Å²) >= 11 is 0. The zero-order valence-corrected chi connectivity index (χ0v) is 16.9. The lowest BCUT2D eigenvalue weighted by atomic mass is 10.1. The van der Waals surface area contributed by atoms with Crippen molar-refractivity contribution in [3.05, 3.63) is 4.13 Å². The van der Waals surface area contributed by atoms with Crippen LogP contribution in [0.3, 0.4) is 0 Å². The van der Waals surface area contributed by atoms with Crippen LogP contribution in [0.5, 0.6) is 0 Å². The van der Waals surface area contributed by atoms with E-state index in [0.29, 0.717) is 6.54 Å². The Morgan fingerprint density at radius 1 is 0.800 bits per heavy atom. The third kappa shape index (κ3) is 10.5. The molecule has 0 N–H and O–H groups in total. The van der Waals surface area contributed by atoms with Crippen molar-refractivity contribution < 1.29 is 65.6 Å². The van der Waals surface area contributed by atoms with Gasteiger partial charge in [-0.2, -0.15) is 39.5 Å². The first-order valence-electron chi connectivity index (χ1n) is 7.97. The molecule has 1 fully saturated rings. The molecule has 0 aromatic carbocycles. The minimum absolute atomic E-state index is 0.204. The summed E-state index contributed by atoms with van der Waals surface area (Å²) < 4.78 is 150. The fourth-order valence-electron chi connectivity index (χ4n) is 2.19. The van der Waals surface area contributed by atoms with Gasteiger partial charge in [0.1, 0.15) is 13.2 Å². The maximum atomic E-state index is 11.8. The first-order chi connectivity index (χ1) is 13.1. The van der Waals surface area contributed by atoms with Gasteiger partial charge >= 0.3 is 17.2 Å². The summed E-state index contributed by atoms with van der Waals surface area (Å²) in [5.74, 6) is 0. The number of likely N-dealkylation sites (tertiary alicyclic amines) is 1. The zero-order chi connectivity index (χ0) is 24.1. The number of piperidine rings is 1. The van der Waals surface area contributed by atoms with E-state index in [9.17, 15) is 56.3 Å². The van der Waals surface area contributed by atoms with Crippen LogP contribution in [-0.2, 0) is 24.8 Å². The van der Waals surface area contributed by atoms with Crippen LogP contribution in [0.25, 0.3) is 4.13 Å². The highest BCUT2D eigenvalue weighted by Crippen LogP contribution is 2.36. The predicted octanol–water partition coefficient (Wildman–Crippen LogP) is 3.26. The summed E-state index contributed by atoms with van der Waals surface area (Å²) in [6, 6.07) is 0. The molecule has 0 radical (unpaired) electrons. The van der Waals surface area contributed by atoms with Crippen LogP contribution >= 0.6 is 0 Å². The topological polar surface area (TPSA) is 91.6 Å². The Labute approximate surface area is 166 Å². The first kappa shape index (κ1) is 29.1. The smallest absolute Gasteiger partial charge is 0.421 e. The summed E-state index contributed by atoms with van der Waals surface area (Å²) in [6.07, 6.45) is -0.594. The Bertz CT molecular complexity index is 698. The highest BCUT2D eigenvalue weighted by molar-refractivity contribution is 8.13. The maximum absolute atomic E-state index is 11.8. The van der Waals surface area contributed by atoms with Crippen molar-refractivity contribution in [2.75, 3.05) is 39.9 Å². The lowest BCUT2D eigenvalue weighted by Gasteiger charge is -2.37.